The van der Waals surface area contributed by atoms with Crippen molar-refractivity contribution in [3.63, 3.8) is 0 Å². The quantitative estimate of drug-likeness (QED) is 0.314. The van der Waals surface area contributed by atoms with Crippen LogP contribution in [0.5, 0.6) is 5.75 Å². The summed E-state index contributed by atoms with van der Waals surface area (Å²) in [7, 11) is 0. The number of amides is 3. The highest BCUT2D eigenvalue weighted by Crippen LogP contribution is 2.30. The molecule has 3 amide bonds. The molecule has 0 aliphatic carbocycles. The minimum absolute atomic E-state index is 0.0701. The molecule has 0 fully saturated rings. The van der Waals surface area contributed by atoms with Crippen LogP contribution in [-0.2, 0) is 14.3 Å². The van der Waals surface area contributed by atoms with Crippen LogP contribution in [0.4, 0.5) is 4.79 Å². The zero-order chi connectivity index (χ0) is 28.3. The van der Waals surface area contributed by atoms with Gasteiger partial charge in [0, 0.05) is 12.1 Å². The summed E-state index contributed by atoms with van der Waals surface area (Å²) in [4.78, 5) is 42.1. The number of thioether (sulfide) groups is 1. The third kappa shape index (κ3) is 10.5. The van der Waals surface area contributed by atoms with Gasteiger partial charge in [-0.3, -0.25) is 9.59 Å². The molecule has 9 heteroatoms. The third-order valence-corrected chi connectivity index (χ3v) is 6.74. The molecule has 0 aromatic heterocycles. The number of nitrogens with one attached hydrogen (secondary N) is 2. The standard InChI is InChI=1S/C28H47N3O5S/c1-10-12-19(4)29-25(33)24(21-13-14-23(32)18(3)17-21)31(20(5)11-2)26(34)22(15-16-37-9)30-27(35)36-28(6,7)8/h13-14,17,19-20,22,24,32H,10-12,15-16H2,1-9H3,(H,29,33)(H,30,35). The van der Waals surface area contributed by atoms with E-state index in [2.05, 4.69) is 17.6 Å². The highest BCUT2D eigenvalue weighted by Gasteiger charge is 2.38. The maximum absolute atomic E-state index is 14.2. The number of aryl methyl sites for hydroxylation is 1. The van der Waals surface area contributed by atoms with Crippen molar-refractivity contribution in [1.29, 1.82) is 0 Å². The van der Waals surface area contributed by atoms with Gasteiger partial charge >= 0.3 is 6.09 Å². The minimum Gasteiger partial charge on any atom is -0.508 e. The van der Waals surface area contributed by atoms with E-state index in [1.54, 1.807) is 62.6 Å². The summed E-state index contributed by atoms with van der Waals surface area (Å²) in [6.07, 6.45) is 3.98. The highest BCUT2D eigenvalue weighted by molar-refractivity contribution is 7.98. The van der Waals surface area contributed by atoms with Crippen LogP contribution in [0.15, 0.2) is 18.2 Å². The molecule has 0 radical (unpaired) electrons. The molecule has 1 aromatic carbocycles. The Morgan fingerprint density at radius 3 is 2.27 bits per heavy atom. The summed E-state index contributed by atoms with van der Waals surface area (Å²) in [5.74, 6) is 0.125. The summed E-state index contributed by atoms with van der Waals surface area (Å²) in [6, 6.07) is 2.80. The average molecular weight is 538 g/mol. The molecule has 0 aliphatic heterocycles. The first-order valence-electron chi connectivity index (χ1n) is 13.2. The summed E-state index contributed by atoms with van der Waals surface area (Å²) >= 11 is 1.57. The first kappa shape index (κ1) is 32.6. The fraction of sp³-hybridized carbons (Fsp3) is 0.679. The van der Waals surface area contributed by atoms with Crippen LogP contribution >= 0.6 is 11.8 Å². The van der Waals surface area contributed by atoms with Gasteiger partial charge in [0.05, 0.1) is 0 Å². The fourth-order valence-corrected chi connectivity index (χ4v) is 4.50. The molecule has 0 spiro atoms. The lowest BCUT2D eigenvalue weighted by atomic mass is 9.97. The van der Waals surface area contributed by atoms with Crippen LogP contribution in [0.2, 0.25) is 0 Å². The van der Waals surface area contributed by atoms with E-state index in [1.165, 1.54) is 0 Å². The van der Waals surface area contributed by atoms with Gasteiger partial charge in [-0.2, -0.15) is 11.8 Å². The Bertz CT molecular complexity index is 902. The number of phenols is 1. The van der Waals surface area contributed by atoms with Gasteiger partial charge < -0.3 is 25.4 Å². The molecule has 3 N–H and O–H groups in total. The molecule has 1 aromatic rings. The number of phenolic OH excluding ortho intramolecular Hbond substituents is 1. The molecule has 8 nitrogen and oxygen atoms in total. The molecule has 37 heavy (non-hydrogen) atoms. The van der Waals surface area contributed by atoms with Crippen molar-refractivity contribution in [2.75, 3.05) is 12.0 Å². The highest BCUT2D eigenvalue weighted by atomic mass is 32.2. The molecule has 0 aliphatic rings. The van der Waals surface area contributed by atoms with Crippen molar-refractivity contribution in [3.05, 3.63) is 29.3 Å². The van der Waals surface area contributed by atoms with E-state index >= 15 is 0 Å². The molecule has 4 unspecified atom stereocenters. The normalized spacial score (nSPS) is 14.7. The lowest BCUT2D eigenvalue weighted by molar-refractivity contribution is -0.145. The molecule has 0 bridgehead atoms. The van der Waals surface area contributed by atoms with Crippen molar-refractivity contribution in [2.24, 2.45) is 0 Å². The molecule has 4 atom stereocenters. The minimum atomic E-state index is -0.932. The van der Waals surface area contributed by atoms with Crippen LogP contribution in [-0.4, -0.2) is 63.6 Å². The number of carbonyl (C=O) groups excluding carboxylic acids is 3. The zero-order valence-corrected chi connectivity index (χ0v) is 24.8. The van der Waals surface area contributed by atoms with Gasteiger partial charge in [-0.05, 0) is 96.1 Å². The van der Waals surface area contributed by atoms with E-state index in [-0.39, 0.29) is 29.6 Å². The molecular weight excluding hydrogens is 490 g/mol. The number of ether oxygens (including phenoxy) is 1. The summed E-state index contributed by atoms with van der Waals surface area (Å²) in [5, 5.41) is 15.9. The maximum Gasteiger partial charge on any atom is 0.408 e. The predicted molar refractivity (Wildman–Crippen MR) is 151 cm³/mol. The van der Waals surface area contributed by atoms with Gasteiger partial charge in [0.25, 0.3) is 0 Å². The lowest BCUT2D eigenvalue weighted by Gasteiger charge is -2.38. The van der Waals surface area contributed by atoms with E-state index in [4.69, 9.17) is 4.74 Å². The van der Waals surface area contributed by atoms with E-state index < -0.39 is 23.8 Å². The maximum atomic E-state index is 14.2. The van der Waals surface area contributed by atoms with E-state index in [9.17, 15) is 19.5 Å². The summed E-state index contributed by atoms with van der Waals surface area (Å²) in [5.41, 5.74) is 0.500. The van der Waals surface area contributed by atoms with Crippen molar-refractivity contribution < 1.29 is 24.2 Å². The number of hydrogen-bond acceptors (Lipinski definition) is 6. The van der Waals surface area contributed by atoms with Crippen LogP contribution in [0, 0.1) is 6.92 Å². The number of nitrogens with zero attached hydrogens (tertiary/aromatic N) is 1. The second-order valence-electron chi connectivity index (χ2n) is 10.6. The molecule has 0 saturated heterocycles. The van der Waals surface area contributed by atoms with Crippen molar-refractivity contribution in [2.45, 2.75) is 111 Å². The van der Waals surface area contributed by atoms with Gasteiger partial charge in [-0.1, -0.05) is 26.3 Å². The number of carbonyl (C=O) groups is 3. The van der Waals surface area contributed by atoms with Gasteiger partial charge in [0.2, 0.25) is 11.8 Å². The van der Waals surface area contributed by atoms with Gasteiger partial charge in [0.15, 0.2) is 0 Å². The van der Waals surface area contributed by atoms with Crippen molar-refractivity contribution in [1.82, 2.24) is 15.5 Å². The largest absolute Gasteiger partial charge is 0.508 e. The Morgan fingerprint density at radius 1 is 1.11 bits per heavy atom. The zero-order valence-electron chi connectivity index (χ0n) is 24.0. The second kappa shape index (κ2) is 15.1. The molecule has 0 saturated carbocycles. The second-order valence-corrected chi connectivity index (χ2v) is 11.6. The number of rotatable bonds is 13. The Hall–Kier alpha value is -2.42. The molecule has 0 heterocycles. The van der Waals surface area contributed by atoms with Gasteiger partial charge in [-0.15, -0.1) is 0 Å². The number of aromatic hydroxyl groups is 1. The Morgan fingerprint density at radius 2 is 1.76 bits per heavy atom. The first-order chi connectivity index (χ1) is 17.2. The average Bonchev–Trinajstić information content (AvgIpc) is 2.79. The number of hydrogen-bond donors (Lipinski definition) is 3. The Labute approximate surface area is 227 Å². The van der Waals surface area contributed by atoms with Gasteiger partial charge in [0.1, 0.15) is 23.4 Å². The van der Waals surface area contributed by atoms with Crippen molar-refractivity contribution >= 4 is 29.7 Å². The van der Waals surface area contributed by atoms with Crippen molar-refractivity contribution in [3.8, 4) is 5.75 Å². The van der Waals surface area contributed by atoms with Crippen LogP contribution in [0.1, 0.15) is 91.3 Å². The fourth-order valence-electron chi connectivity index (χ4n) is 4.03. The Kier molecular flexibility index (Phi) is 13.3. The topological polar surface area (TPSA) is 108 Å². The SMILES string of the molecule is CCCC(C)NC(=O)C(c1ccc(O)c(C)c1)N(C(=O)C(CCSC)NC(=O)OC(C)(C)C)C(C)CC. The summed E-state index contributed by atoms with van der Waals surface area (Å²) < 4.78 is 5.43. The first-order valence-corrected chi connectivity index (χ1v) is 14.6. The molecule has 1 rings (SSSR count). The van der Waals surface area contributed by atoms with Crippen LogP contribution in [0.3, 0.4) is 0 Å². The molecular formula is C28H47N3O5S. The Balaban J connectivity index is 3.56. The van der Waals surface area contributed by atoms with E-state index in [1.807, 2.05) is 27.0 Å². The predicted octanol–water partition coefficient (Wildman–Crippen LogP) is 5.32. The third-order valence-electron chi connectivity index (χ3n) is 6.09. The molecule has 210 valence electrons. The summed E-state index contributed by atoms with van der Waals surface area (Å²) in [6.45, 7) is 14.9. The van der Waals surface area contributed by atoms with Gasteiger partial charge in [-0.25, -0.2) is 4.79 Å². The van der Waals surface area contributed by atoms with Crippen LogP contribution in [0.25, 0.3) is 0 Å². The lowest BCUT2D eigenvalue weighted by Crippen LogP contribution is -2.56. The monoisotopic (exact) mass is 537 g/mol. The number of alkyl carbamates (subject to hydrolysis) is 1. The van der Waals surface area contributed by atoms with E-state index in [0.717, 1.165) is 12.8 Å². The number of benzene rings is 1. The van der Waals surface area contributed by atoms with Crippen LogP contribution < -0.4 is 10.6 Å². The smallest absolute Gasteiger partial charge is 0.408 e. The van der Waals surface area contributed by atoms with E-state index in [0.29, 0.717) is 29.7 Å².